The number of para-hydroxylation sites is 3. The summed E-state index contributed by atoms with van der Waals surface area (Å²) in [6.45, 7) is 0.359. The van der Waals surface area contributed by atoms with Gasteiger partial charge in [-0.25, -0.2) is 0 Å². The van der Waals surface area contributed by atoms with E-state index in [4.69, 9.17) is 4.74 Å². The van der Waals surface area contributed by atoms with Crippen molar-refractivity contribution in [3.8, 4) is 5.75 Å². The highest BCUT2D eigenvalue weighted by molar-refractivity contribution is 6.04. The van der Waals surface area contributed by atoms with E-state index in [1.807, 2.05) is 48.5 Å². The van der Waals surface area contributed by atoms with Crippen molar-refractivity contribution in [2.75, 3.05) is 23.9 Å². The summed E-state index contributed by atoms with van der Waals surface area (Å²) >= 11 is 0. The summed E-state index contributed by atoms with van der Waals surface area (Å²) in [5.74, 6) is 0.0576. The molecule has 2 amide bonds. The predicted octanol–water partition coefficient (Wildman–Crippen LogP) is 2.69. The van der Waals surface area contributed by atoms with Gasteiger partial charge in [0.15, 0.2) is 0 Å². The second-order valence-corrected chi connectivity index (χ2v) is 5.43. The molecule has 5 nitrogen and oxygen atoms in total. The molecule has 0 bridgehead atoms. The third-order valence-electron chi connectivity index (χ3n) is 3.91. The molecule has 1 heterocycles. The Morgan fingerprint density at radius 2 is 1.83 bits per heavy atom. The van der Waals surface area contributed by atoms with E-state index in [1.54, 1.807) is 18.1 Å². The van der Waals surface area contributed by atoms with Crippen LogP contribution in [0.3, 0.4) is 0 Å². The topological polar surface area (TPSA) is 58.6 Å². The number of nitrogens with zero attached hydrogens (tertiary/aromatic N) is 1. The predicted molar refractivity (Wildman–Crippen MR) is 88.5 cm³/mol. The van der Waals surface area contributed by atoms with Gasteiger partial charge in [-0.15, -0.1) is 0 Å². The lowest BCUT2D eigenvalue weighted by molar-refractivity contribution is -0.122. The van der Waals surface area contributed by atoms with Gasteiger partial charge in [0, 0.05) is 18.7 Å². The van der Waals surface area contributed by atoms with Crippen LogP contribution in [-0.2, 0) is 9.59 Å². The number of rotatable bonds is 4. The molecule has 0 unspecified atom stereocenters. The summed E-state index contributed by atoms with van der Waals surface area (Å²) in [5.41, 5.74) is 1.44. The molecule has 0 aromatic heterocycles. The summed E-state index contributed by atoms with van der Waals surface area (Å²) in [5, 5.41) is 2.86. The number of carbonyl (C=O) groups excluding carboxylic acids is 2. The molecule has 1 aliphatic rings. The van der Waals surface area contributed by atoms with Crippen LogP contribution in [0.4, 0.5) is 11.4 Å². The molecule has 2 aromatic rings. The molecule has 0 saturated carbocycles. The average molecular weight is 310 g/mol. The molecular formula is C18H18N2O3. The quantitative estimate of drug-likeness (QED) is 0.944. The number of hydrogen-bond donors (Lipinski definition) is 1. The van der Waals surface area contributed by atoms with Crippen LogP contribution in [0, 0.1) is 5.92 Å². The molecule has 0 radical (unpaired) electrons. The van der Waals surface area contributed by atoms with E-state index in [-0.39, 0.29) is 24.2 Å². The van der Waals surface area contributed by atoms with Gasteiger partial charge in [0.05, 0.1) is 18.7 Å². The van der Waals surface area contributed by atoms with Gasteiger partial charge < -0.3 is 15.0 Å². The van der Waals surface area contributed by atoms with E-state index in [0.717, 1.165) is 5.69 Å². The Bertz CT molecular complexity index is 715. The van der Waals surface area contributed by atoms with Gasteiger partial charge in [0.2, 0.25) is 11.8 Å². The second kappa shape index (κ2) is 6.52. The van der Waals surface area contributed by atoms with Gasteiger partial charge >= 0.3 is 0 Å². The number of methoxy groups -OCH3 is 1. The number of benzene rings is 2. The van der Waals surface area contributed by atoms with E-state index < -0.39 is 0 Å². The summed E-state index contributed by atoms with van der Waals surface area (Å²) < 4.78 is 5.30. The maximum Gasteiger partial charge on any atom is 0.229 e. The second-order valence-electron chi connectivity index (χ2n) is 5.43. The molecule has 1 N–H and O–H groups in total. The van der Waals surface area contributed by atoms with Crippen LogP contribution in [0.2, 0.25) is 0 Å². The molecule has 1 saturated heterocycles. The normalized spacial score (nSPS) is 17.2. The van der Waals surface area contributed by atoms with Crippen LogP contribution < -0.4 is 15.0 Å². The molecule has 1 aliphatic heterocycles. The third-order valence-corrected chi connectivity index (χ3v) is 3.91. The minimum absolute atomic E-state index is 0.0669. The summed E-state index contributed by atoms with van der Waals surface area (Å²) in [7, 11) is 1.57. The zero-order valence-electron chi connectivity index (χ0n) is 12.9. The first-order chi connectivity index (χ1) is 11.2. The summed E-state index contributed by atoms with van der Waals surface area (Å²) in [6, 6.07) is 16.6. The van der Waals surface area contributed by atoms with Crippen molar-refractivity contribution in [1.29, 1.82) is 0 Å². The highest BCUT2D eigenvalue weighted by Gasteiger charge is 2.36. The lowest BCUT2D eigenvalue weighted by atomic mass is 10.1. The minimum Gasteiger partial charge on any atom is -0.495 e. The van der Waals surface area contributed by atoms with Crippen LogP contribution in [-0.4, -0.2) is 25.5 Å². The zero-order chi connectivity index (χ0) is 16.2. The number of hydrogen-bond acceptors (Lipinski definition) is 3. The Labute approximate surface area is 134 Å². The molecule has 1 fully saturated rings. The van der Waals surface area contributed by atoms with Crippen LogP contribution in [0.15, 0.2) is 54.6 Å². The van der Waals surface area contributed by atoms with Crippen molar-refractivity contribution in [3.63, 3.8) is 0 Å². The van der Waals surface area contributed by atoms with Crippen molar-refractivity contribution in [1.82, 2.24) is 0 Å². The molecule has 5 heteroatoms. The fourth-order valence-corrected chi connectivity index (χ4v) is 2.73. The Morgan fingerprint density at radius 1 is 1.13 bits per heavy atom. The Hall–Kier alpha value is -2.82. The first-order valence-corrected chi connectivity index (χ1v) is 7.48. The van der Waals surface area contributed by atoms with Crippen LogP contribution in [0.5, 0.6) is 5.75 Å². The smallest absolute Gasteiger partial charge is 0.229 e. The van der Waals surface area contributed by atoms with Crippen molar-refractivity contribution < 1.29 is 14.3 Å². The van der Waals surface area contributed by atoms with Gasteiger partial charge in [-0.1, -0.05) is 30.3 Å². The number of amides is 2. The average Bonchev–Trinajstić information content (AvgIpc) is 2.97. The standard InChI is InChI=1S/C18H18N2O3/c1-23-16-10-6-5-9-15(16)20-12-13(11-17(20)21)18(22)19-14-7-3-2-4-8-14/h2-10,13H,11-12H2,1H3,(H,19,22)/t13-/m1/s1. The number of anilines is 2. The molecule has 0 spiro atoms. The van der Waals surface area contributed by atoms with Crippen LogP contribution in [0.25, 0.3) is 0 Å². The fourth-order valence-electron chi connectivity index (χ4n) is 2.73. The summed E-state index contributed by atoms with van der Waals surface area (Å²) in [4.78, 5) is 26.3. The van der Waals surface area contributed by atoms with Crippen LogP contribution >= 0.6 is 0 Å². The molecule has 1 atom stereocenters. The van der Waals surface area contributed by atoms with Gasteiger partial charge in [-0.3, -0.25) is 9.59 Å². The Morgan fingerprint density at radius 3 is 2.57 bits per heavy atom. The summed E-state index contributed by atoms with van der Waals surface area (Å²) in [6.07, 6.45) is 0.205. The minimum atomic E-state index is -0.368. The number of carbonyl (C=O) groups is 2. The molecule has 2 aromatic carbocycles. The molecule has 0 aliphatic carbocycles. The van der Waals surface area contributed by atoms with E-state index in [1.165, 1.54) is 0 Å². The van der Waals surface area contributed by atoms with E-state index in [2.05, 4.69) is 5.32 Å². The van der Waals surface area contributed by atoms with Gasteiger partial charge in [-0.05, 0) is 24.3 Å². The molecule has 23 heavy (non-hydrogen) atoms. The van der Waals surface area contributed by atoms with Gasteiger partial charge in [0.25, 0.3) is 0 Å². The largest absolute Gasteiger partial charge is 0.495 e. The molecule has 3 rings (SSSR count). The maximum atomic E-state index is 12.4. The van der Waals surface area contributed by atoms with Crippen molar-refractivity contribution >= 4 is 23.2 Å². The number of nitrogens with one attached hydrogen (secondary N) is 1. The van der Waals surface area contributed by atoms with Crippen molar-refractivity contribution in [2.45, 2.75) is 6.42 Å². The lowest BCUT2D eigenvalue weighted by Gasteiger charge is -2.19. The molecule has 118 valence electrons. The Kier molecular flexibility index (Phi) is 4.28. The Balaban J connectivity index is 1.73. The van der Waals surface area contributed by atoms with Crippen molar-refractivity contribution in [2.24, 2.45) is 5.92 Å². The van der Waals surface area contributed by atoms with E-state index in [0.29, 0.717) is 18.0 Å². The maximum absolute atomic E-state index is 12.4. The fraction of sp³-hybridized carbons (Fsp3) is 0.222. The highest BCUT2D eigenvalue weighted by atomic mass is 16.5. The van der Waals surface area contributed by atoms with Crippen LogP contribution in [0.1, 0.15) is 6.42 Å². The monoisotopic (exact) mass is 310 g/mol. The van der Waals surface area contributed by atoms with Gasteiger partial charge in [-0.2, -0.15) is 0 Å². The van der Waals surface area contributed by atoms with Gasteiger partial charge in [0.1, 0.15) is 5.75 Å². The first kappa shape index (κ1) is 15.1. The third kappa shape index (κ3) is 3.18. The lowest BCUT2D eigenvalue weighted by Crippen LogP contribution is -2.28. The van der Waals surface area contributed by atoms with Crippen molar-refractivity contribution in [3.05, 3.63) is 54.6 Å². The van der Waals surface area contributed by atoms with E-state index >= 15 is 0 Å². The first-order valence-electron chi connectivity index (χ1n) is 7.48. The SMILES string of the molecule is COc1ccccc1N1C[C@H](C(=O)Nc2ccccc2)CC1=O. The van der Waals surface area contributed by atoms with E-state index in [9.17, 15) is 9.59 Å². The highest BCUT2D eigenvalue weighted by Crippen LogP contribution is 2.33. The zero-order valence-corrected chi connectivity index (χ0v) is 12.9. The molecular weight excluding hydrogens is 292 g/mol. The number of ether oxygens (including phenoxy) is 1.